The molecule has 0 spiro atoms. The Bertz CT molecular complexity index is 1850. The molecule has 0 radical (unpaired) electrons. The van der Waals surface area contributed by atoms with Crippen molar-refractivity contribution in [3.05, 3.63) is 82.2 Å². The summed E-state index contributed by atoms with van der Waals surface area (Å²) in [6, 6.07) is 14.5. The van der Waals surface area contributed by atoms with Gasteiger partial charge in [0.2, 0.25) is 0 Å². The number of carbonyl (C=O) groups excluding carboxylic acids is 2. The van der Waals surface area contributed by atoms with E-state index in [1.165, 1.54) is 16.2 Å². The fourth-order valence-corrected chi connectivity index (χ4v) is 6.39. The fourth-order valence-electron chi connectivity index (χ4n) is 5.36. The van der Waals surface area contributed by atoms with Crippen LogP contribution in [-0.4, -0.2) is 57.5 Å². The molecular formula is C32H29ClFN5O3S. The summed E-state index contributed by atoms with van der Waals surface area (Å²) in [7, 11) is 0. The lowest BCUT2D eigenvalue weighted by Crippen LogP contribution is -2.36. The largest absolute Gasteiger partial charge is 0.465 e. The number of aryl methyl sites for hydroxylation is 1. The van der Waals surface area contributed by atoms with Gasteiger partial charge in [-0.15, -0.1) is 11.3 Å². The minimum absolute atomic E-state index is 0.0984. The van der Waals surface area contributed by atoms with Gasteiger partial charge in [-0.25, -0.2) is 19.2 Å². The normalized spacial score (nSPS) is 13.4. The molecule has 1 saturated heterocycles. The molecule has 3 aromatic heterocycles. The van der Waals surface area contributed by atoms with Crippen LogP contribution in [0.2, 0.25) is 5.02 Å². The number of rotatable bonds is 8. The fraction of sp³-hybridized carbons (Fsp3) is 0.250. The number of thiazole rings is 1. The number of imidazole rings is 1. The van der Waals surface area contributed by atoms with E-state index in [2.05, 4.69) is 0 Å². The van der Waals surface area contributed by atoms with Crippen LogP contribution in [0.4, 0.5) is 14.9 Å². The number of ether oxygens (including phenoxy) is 1. The smallest absolute Gasteiger partial charge is 0.325 e. The third kappa shape index (κ3) is 5.36. The molecule has 1 fully saturated rings. The van der Waals surface area contributed by atoms with Crippen molar-refractivity contribution in [1.82, 2.24) is 19.3 Å². The summed E-state index contributed by atoms with van der Waals surface area (Å²) in [6.45, 7) is 6.46. The standard InChI is InChI=1S/C32H29ClFN5O3S/c1-4-25-30(39-16-22(10-13-27(39)35-25)38-15-14-37(32(38)41)17-28(40)42-5-2)24-12-11-23(19(3)29(24)34)31-36-26(18-43-31)20-6-8-21(33)9-7-20/h6-13,16,18H,4-5,14-15,17H2,1-3H3. The molecule has 8 nitrogen and oxygen atoms in total. The van der Waals surface area contributed by atoms with Crippen molar-refractivity contribution in [1.29, 1.82) is 0 Å². The first-order chi connectivity index (χ1) is 20.8. The van der Waals surface area contributed by atoms with Crippen LogP contribution in [0.15, 0.2) is 60.1 Å². The van der Waals surface area contributed by atoms with Crippen molar-refractivity contribution in [2.75, 3.05) is 31.1 Å². The molecule has 0 unspecified atom stereocenters. The quantitative estimate of drug-likeness (QED) is 0.171. The number of hydrogen-bond acceptors (Lipinski definition) is 6. The number of amides is 2. The molecule has 220 valence electrons. The zero-order valence-corrected chi connectivity index (χ0v) is 25.5. The number of fused-ring (bicyclic) bond motifs is 1. The van der Waals surface area contributed by atoms with E-state index in [1.54, 1.807) is 24.8 Å². The Morgan fingerprint density at radius 1 is 1.05 bits per heavy atom. The summed E-state index contributed by atoms with van der Waals surface area (Å²) in [4.78, 5) is 37.7. The van der Waals surface area contributed by atoms with Crippen molar-refractivity contribution < 1.29 is 18.7 Å². The van der Waals surface area contributed by atoms with E-state index in [0.717, 1.165) is 27.5 Å². The molecule has 0 saturated carbocycles. The Morgan fingerprint density at radius 2 is 1.81 bits per heavy atom. The van der Waals surface area contributed by atoms with E-state index in [-0.39, 0.29) is 25.0 Å². The minimum atomic E-state index is -0.439. The topological polar surface area (TPSA) is 80.0 Å². The van der Waals surface area contributed by atoms with Crippen molar-refractivity contribution in [2.45, 2.75) is 27.2 Å². The zero-order valence-electron chi connectivity index (χ0n) is 23.9. The van der Waals surface area contributed by atoms with Gasteiger partial charge in [0, 0.05) is 46.4 Å². The molecule has 0 atom stereocenters. The predicted octanol–water partition coefficient (Wildman–Crippen LogP) is 7.26. The second-order valence-corrected chi connectivity index (χ2v) is 11.5. The molecule has 43 heavy (non-hydrogen) atoms. The number of urea groups is 1. The van der Waals surface area contributed by atoms with Gasteiger partial charge in [0.05, 0.1) is 29.4 Å². The highest BCUT2D eigenvalue weighted by molar-refractivity contribution is 7.13. The van der Waals surface area contributed by atoms with Crippen LogP contribution in [0, 0.1) is 12.7 Å². The number of nitrogens with zero attached hydrogens (tertiary/aromatic N) is 5. The Labute approximate surface area is 257 Å². The van der Waals surface area contributed by atoms with Gasteiger partial charge in [0.15, 0.2) is 0 Å². The molecule has 2 amide bonds. The number of esters is 1. The van der Waals surface area contributed by atoms with Crippen molar-refractivity contribution in [2.24, 2.45) is 0 Å². The third-order valence-corrected chi connectivity index (χ3v) is 8.69. The Hall–Kier alpha value is -4.28. The lowest BCUT2D eigenvalue weighted by Gasteiger charge is -2.18. The van der Waals surface area contributed by atoms with Gasteiger partial charge in [0.25, 0.3) is 0 Å². The molecule has 2 aromatic carbocycles. The number of halogens is 2. The average molecular weight is 618 g/mol. The summed E-state index contributed by atoms with van der Waals surface area (Å²) in [6.07, 6.45) is 2.41. The molecule has 5 aromatic rings. The number of pyridine rings is 1. The van der Waals surface area contributed by atoms with Gasteiger partial charge in [-0.1, -0.05) is 36.7 Å². The Kier molecular flexibility index (Phi) is 7.89. The first-order valence-corrected chi connectivity index (χ1v) is 15.3. The van der Waals surface area contributed by atoms with Gasteiger partial charge in [-0.3, -0.25) is 14.1 Å². The van der Waals surface area contributed by atoms with Gasteiger partial charge >= 0.3 is 12.0 Å². The second-order valence-electron chi connectivity index (χ2n) is 10.2. The summed E-state index contributed by atoms with van der Waals surface area (Å²) in [5, 5.41) is 3.34. The number of anilines is 1. The molecule has 1 aliphatic rings. The predicted molar refractivity (Wildman–Crippen MR) is 167 cm³/mol. The second kappa shape index (κ2) is 11.8. The number of benzene rings is 2. The van der Waals surface area contributed by atoms with Crippen molar-refractivity contribution in [3.63, 3.8) is 0 Å². The monoisotopic (exact) mass is 617 g/mol. The van der Waals surface area contributed by atoms with Gasteiger partial charge in [-0.2, -0.15) is 0 Å². The Balaban J connectivity index is 1.35. The van der Waals surface area contributed by atoms with Crippen LogP contribution in [0.5, 0.6) is 0 Å². The van der Waals surface area contributed by atoms with Crippen LogP contribution in [0.3, 0.4) is 0 Å². The van der Waals surface area contributed by atoms with Crippen LogP contribution >= 0.6 is 22.9 Å². The van der Waals surface area contributed by atoms with Gasteiger partial charge < -0.3 is 9.64 Å². The Morgan fingerprint density at radius 3 is 2.56 bits per heavy atom. The van der Waals surface area contributed by atoms with E-state index in [4.69, 9.17) is 26.3 Å². The zero-order chi connectivity index (χ0) is 30.2. The highest BCUT2D eigenvalue weighted by Gasteiger charge is 2.32. The van der Waals surface area contributed by atoms with E-state index >= 15 is 4.39 Å². The maximum Gasteiger partial charge on any atom is 0.325 e. The van der Waals surface area contributed by atoms with Crippen LogP contribution in [0.25, 0.3) is 38.7 Å². The summed E-state index contributed by atoms with van der Waals surface area (Å²) < 4.78 is 23.1. The third-order valence-electron chi connectivity index (χ3n) is 7.56. The molecule has 11 heteroatoms. The number of hydrogen-bond donors (Lipinski definition) is 0. The average Bonchev–Trinajstić information content (AvgIpc) is 3.72. The van der Waals surface area contributed by atoms with E-state index in [9.17, 15) is 9.59 Å². The van der Waals surface area contributed by atoms with Crippen molar-refractivity contribution >= 4 is 46.3 Å². The molecule has 4 heterocycles. The van der Waals surface area contributed by atoms with Gasteiger partial charge in [0.1, 0.15) is 23.0 Å². The lowest BCUT2D eigenvalue weighted by atomic mass is 10.0. The minimum Gasteiger partial charge on any atom is -0.465 e. The molecule has 0 bridgehead atoms. The van der Waals surface area contributed by atoms with E-state index in [0.29, 0.717) is 52.7 Å². The number of aromatic nitrogens is 3. The first kappa shape index (κ1) is 28.8. The van der Waals surface area contributed by atoms with Crippen LogP contribution in [-0.2, 0) is 16.0 Å². The lowest BCUT2D eigenvalue weighted by molar-refractivity contribution is -0.143. The molecule has 6 rings (SSSR count). The summed E-state index contributed by atoms with van der Waals surface area (Å²) in [5.74, 6) is -0.786. The summed E-state index contributed by atoms with van der Waals surface area (Å²) >= 11 is 7.50. The molecule has 0 aliphatic carbocycles. The van der Waals surface area contributed by atoms with Crippen LogP contribution in [0.1, 0.15) is 25.1 Å². The maximum atomic E-state index is 16.2. The number of carbonyl (C=O) groups is 2. The highest BCUT2D eigenvalue weighted by atomic mass is 35.5. The summed E-state index contributed by atoms with van der Waals surface area (Å²) in [5.41, 5.74) is 6.07. The van der Waals surface area contributed by atoms with E-state index in [1.807, 2.05) is 65.4 Å². The molecular weight excluding hydrogens is 589 g/mol. The SMILES string of the molecule is CCOC(=O)CN1CCN(c2ccc3nc(CC)c(-c4ccc(-c5nc(-c6ccc(Cl)cc6)cs5)c(C)c4F)n3c2)C1=O. The molecule has 1 aliphatic heterocycles. The highest BCUT2D eigenvalue weighted by Crippen LogP contribution is 2.37. The maximum absolute atomic E-state index is 16.2. The van der Waals surface area contributed by atoms with E-state index < -0.39 is 5.97 Å². The first-order valence-electron chi connectivity index (χ1n) is 14.0. The van der Waals surface area contributed by atoms with Crippen molar-refractivity contribution in [3.8, 4) is 33.1 Å². The molecule has 0 N–H and O–H groups in total. The van der Waals surface area contributed by atoms with Crippen LogP contribution < -0.4 is 4.90 Å². The van der Waals surface area contributed by atoms with Gasteiger partial charge in [-0.05, 0) is 56.2 Å².